The summed E-state index contributed by atoms with van der Waals surface area (Å²) in [7, 11) is 0. The van der Waals surface area contributed by atoms with Gasteiger partial charge in [0.05, 0.1) is 12.6 Å². The van der Waals surface area contributed by atoms with E-state index in [-0.39, 0.29) is 0 Å². The lowest BCUT2D eigenvalue weighted by Gasteiger charge is -2.08. The fourth-order valence-electron chi connectivity index (χ4n) is 1.94. The Bertz CT molecular complexity index is 348. The van der Waals surface area contributed by atoms with Crippen molar-refractivity contribution >= 4 is 6.29 Å². The minimum absolute atomic E-state index is 0.535. The van der Waals surface area contributed by atoms with Crippen LogP contribution in [0.1, 0.15) is 57.1 Å². The van der Waals surface area contributed by atoms with Crippen molar-refractivity contribution in [1.29, 1.82) is 0 Å². The molecule has 19 heavy (non-hydrogen) atoms. The minimum Gasteiger partial charge on any atom is -0.494 e. The molecule has 0 radical (unpaired) electrons. The van der Waals surface area contributed by atoms with Crippen LogP contribution >= 0.6 is 0 Å². The fraction of sp³-hybridized carbons (Fsp3) is 0.562. The largest absolute Gasteiger partial charge is 0.494 e. The number of aldehydes is 1. The molecular weight excluding hydrogens is 238 g/mol. The van der Waals surface area contributed by atoms with Crippen molar-refractivity contribution in [3.8, 4) is 5.75 Å². The molecule has 0 spiro atoms. The first-order valence-corrected chi connectivity index (χ1v) is 7.21. The molecule has 0 aliphatic carbocycles. The van der Waals surface area contributed by atoms with Crippen molar-refractivity contribution in [3.05, 3.63) is 29.8 Å². The predicted octanol–water partition coefficient (Wildman–Crippen LogP) is 3.62. The summed E-state index contributed by atoms with van der Waals surface area (Å²) in [5.41, 5.74) is 6.44. The van der Waals surface area contributed by atoms with Crippen LogP contribution in [0.25, 0.3) is 0 Å². The molecule has 1 rings (SSSR count). The molecule has 0 aromatic heterocycles. The average Bonchev–Trinajstić information content (AvgIpc) is 2.46. The summed E-state index contributed by atoms with van der Waals surface area (Å²) in [5, 5.41) is 0. The first-order valence-electron chi connectivity index (χ1n) is 7.21. The van der Waals surface area contributed by atoms with Crippen molar-refractivity contribution < 1.29 is 9.53 Å². The van der Waals surface area contributed by atoms with E-state index in [9.17, 15) is 4.79 Å². The summed E-state index contributed by atoms with van der Waals surface area (Å²) in [5.74, 6) is 0.843. The topological polar surface area (TPSA) is 52.3 Å². The third kappa shape index (κ3) is 6.39. The number of ether oxygens (including phenoxy) is 1. The normalized spacial score (nSPS) is 12.1. The Hall–Kier alpha value is -1.35. The number of carbonyl (C=O) groups is 1. The van der Waals surface area contributed by atoms with Crippen LogP contribution in [0.2, 0.25) is 0 Å². The van der Waals surface area contributed by atoms with Gasteiger partial charge in [0.25, 0.3) is 0 Å². The van der Waals surface area contributed by atoms with E-state index in [1.807, 2.05) is 24.3 Å². The van der Waals surface area contributed by atoms with Crippen LogP contribution in [0.4, 0.5) is 0 Å². The molecule has 0 fully saturated rings. The molecule has 0 aliphatic rings. The minimum atomic E-state index is -0.535. The van der Waals surface area contributed by atoms with Gasteiger partial charge in [-0.3, -0.25) is 0 Å². The standard InChI is InChI=1S/C16H25NO2/c1-2-3-4-5-6-7-12-19-15-10-8-14(9-11-15)16(17)13-18/h8-11,13,16H,2-7,12,17H2,1H3. The lowest BCUT2D eigenvalue weighted by atomic mass is 10.1. The summed E-state index contributed by atoms with van der Waals surface area (Å²) in [6.07, 6.45) is 8.31. The van der Waals surface area contributed by atoms with Gasteiger partial charge in [-0.1, -0.05) is 51.2 Å². The van der Waals surface area contributed by atoms with E-state index in [0.717, 1.165) is 30.6 Å². The van der Waals surface area contributed by atoms with Gasteiger partial charge < -0.3 is 15.3 Å². The Morgan fingerprint density at radius 3 is 2.37 bits per heavy atom. The summed E-state index contributed by atoms with van der Waals surface area (Å²) in [4.78, 5) is 10.6. The summed E-state index contributed by atoms with van der Waals surface area (Å²) in [6, 6.07) is 6.89. The van der Waals surface area contributed by atoms with Gasteiger partial charge in [-0.15, -0.1) is 0 Å². The van der Waals surface area contributed by atoms with E-state index < -0.39 is 6.04 Å². The number of carbonyl (C=O) groups excluding carboxylic acids is 1. The molecule has 0 aliphatic heterocycles. The van der Waals surface area contributed by atoms with Crippen LogP contribution in [-0.4, -0.2) is 12.9 Å². The van der Waals surface area contributed by atoms with E-state index in [2.05, 4.69) is 6.92 Å². The highest BCUT2D eigenvalue weighted by Gasteiger charge is 2.03. The Balaban J connectivity index is 2.17. The van der Waals surface area contributed by atoms with Crippen molar-refractivity contribution in [2.45, 2.75) is 51.5 Å². The molecule has 0 saturated carbocycles. The van der Waals surface area contributed by atoms with Crippen molar-refractivity contribution in [2.75, 3.05) is 6.61 Å². The second-order valence-corrected chi connectivity index (χ2v) is 4.85. The summed E-state index contributed by atoms with van der Waals surface area (Å²) in [6.45, 7) is 2.98. The number of benzene rings is 1. The van der Waals surface area contributed by atoms with Crippen LogP contribution in [-0.2, 0) is 4.79 Å². The van der Waals surface area contributed by atoms with Gasteiger partial charge in [-0.2, -0.15) is 0 Å². The highest BCUT2D eigenvalue weighted by atomic mass is 16.5. The Morgan fingerprint density at radius 2 is 1.74 bits per heavy atom. The van der Waals surface area contributed by atoms with Gasteiger partial charge in [0.2, 0.25) is 0 Å². The second kappa shape index (κ2) is 9.56. The first kappa shape index (κ1) is 15.7. The number of nitrogens with two attached hydrogens (primary N) is 1. The van der Waals surface area contributed by atoms with Crippen LogP contribution in [0, 0.1) is 0 Å². The summed E-state index contributed by atoms with van der Waals surface area (Å²) >= 11 is 0. The number of rotatable bonds is 10. The average molecular weight is 263 g/mol. The van der Waals surface area contributed by atoms with Crippen molar-refractivity contribution in [3.63, 3.8) is 0 Å². The molecule has 1 unspecified atom stereocenters. The molecule has 106 valence electrons. The van der Waals surface area contributed by atoms with Gasteiger partial charge >= 0.3 is 0 Å². The van der Waals surface area contributed by atoms with E-state index in [4.69, 9.17) is 10.5 Å². The highest BCUT2D eigenvalue weighted by Crippen LogP contribution is 2.16. The zero-order chi connectivity index (χ0) is 13.9. The van der Waals surface area contributed by atoms with Crippen LogP contribution in [0.3, 0.4) is 0 Å². The van der Waals surface area contributed by atoms with E-state index in [1.54, 1.807) is 0 Å². The first-order chi connectivity index (χ1) is 9.27. The quantitative estimate of drug-likeness (QED) is 0.518. The van der Waals surface area contributed by atoms with E-state index in [1.165, 1.54) is 32.1 Å². The Labute approximate surface area is 116 Å². The molecule has 3 heteroatoms. The van der Waals surface area contributed by atoms with Crippen molar-refractivity contribution in [1.82, 2.24) is 0 Å². The Morgan fingerprint density at radius 1 is 1.11 bits per heavy atom. The lowest BCUT2D eigenvalue weighted by Crippen LogP contribution is -2.10. The SMILES string of the molecule is CCCCCCCCOc1ccc(C(N)C=O)cc1. The molecule has 2 N–H and O–H groups in total. The van der Waals surface area contributed by atoms with Gasteiger partial charge in [-0.25, -0.2) is 0 Å². The zero-order valence-corrected chi connectivity index (χ0v) is 11.8. The molecule has 0 saturated heterocycles. The maximum Gasteiger partial charge on any atom is 0.141 e. The van der Waals surface area contributed by atoms with Gasteiger partial charge in [0.1, 0.15) is 12.0 Å². The third-order valence-electron chi connectivity index (χ3n) is 3.18. The highest BCUT2D eigenvalue weighted by molar-refractivity contribution is 5.61. The third-order valence-corrected chi connectivity index (χ3v) is 3.18. The van der Waals surface area contributed by atoms with Gasteiger partial charge in [-0.05, 0) is 24.1 Å². The van der Waals surface area contributed by atoms with E-state index in [0.29, 0.717) is 0 Å². The Kier molecular flexibility index (Phi) is 7.91. The zero-order valence-electron chi connectivity index (χ0n) is 11.8. The molecule has 1 aromatic rings. The van der Waals surface area contributed by atoms with Gasteiger partial charge in [0.15, 0.2) is 0 Å². The molecular formula is C16H25NO2. The predicted molar refractivity (Wildman–Crippen MR) is 78.3 cm³/mol. The molecule has 0 bridgehead atoms. The van der Waals surface area contributed by atoms with E-state index >= 15 is 0 Å². The number of unbranched alkanes of at least 4 members (excludes halogenated alkanes) is 5. The fourth-order valence-corrected chi connectivity index (χ4v) is 1.94. The lowest BCUT2D eigenvalue weighted by molar-refractivity contribution is -0.109. The molecule has 1 atom stereocenters. The molecule has 0 heterocycles. The maximum absolute atomic E-state index is 10.6. The maximum atomic E-state index is 10.6. The molecule has 1 aromatic carbocycles. The smallest absolute Gasteiger partial charge is 0.141 e. The second-order valence-electron chi connectivity index (χ2n) is 4.85. The van der Waals surface area contributed by atoms with Crippen molar-refractivity contribution in [2.24, 2.45) is 5.73 Å². The van der Waals surface area contributed by atoms with Crippen LogP contribution < -0.4 is 10.5 Å². The number of hydrogen-bond acceptors (Lipinski definition) is 3. The number of hydrogen-bond donors (Lipinski definition) is 1. The monoisotopic (exact) mass is 263 g/mol. The van der Waals surface area contributed by atoms with Crippen LogP contribution in [0.15, 0.2) is 24.3 Å². The molecule has 0 amide bonds. The van der Waals surface area contributed by atoms with Gasteiger partial charge in [0, 0.05) is 0 Å². The summed E-state index contributed by atoms with van der Waals surface area (Å²) < 4.78 is 5.65. The molecule has 3 nitrogen and oxygen atoms in total. The van der Waals surface area contributed by atoms with Crippen LogP contribution in [0.5, 0.6) is 5.75 Å².